The molecule has 0 aliphatic carbocycles. The fourth-order valence-electron chi connectivity index (χ4n) is 4.31. The third-order valence-corrected chi connectivity index (χ3v) is 6.92. The highest BCUT2D eigenvalue weighted by molar-refractivity contribution is 7.80. The van der Waals surface area contributed by atoms with Crippen molar-refractivity contribution in [2.45, 2.75) is 38.1 Å². The van der Waals surface area contributed by atoms with Crippen molar-refractivity contribution in [3.05, 3.63) is 65.2 Å². The largest absolute Gasteiger partial charge is 0.486 e. The predicted octanol–water partition coefficient (Wildman–Crippen LogP) is 4.43. The molecule has 8 nitrogen and oxygen atoms in total. The number of benzene rings is 2. The smallest absolute Gasteiger partial charge is 0.416 e. The summed E-state index contributed by atoms with van der Waals surface area (Å²) in [6.45, 7) is 4.80. The Bertz CT molecular complexity index is 1100. The molecule has 0 atom stereocenters. The number of nitrogens with zero attached hydrogens (tertiary/aromatic N) is 3. The Morgan fingerprint density at radius 2 is 1.65 bits per heavy atom. The molecular formula is C28H35F3N4O4S. The molecular weight excluding hydrogens is 545 g/mol. The minimum Gasteiger partial charge on any atom is -0.486 e. The van der Waals surface area contributed by atoms with Crippen molar-refractivity contribution in [3.63, 3.8) is 0 Å². The van der Waals surface area contributed by atoms with E-state index in [1.165, 1.54) is 12.1 Å². The molecule has 0 unspecified atom stereocenters. The molecule has 218 valence electrons. The van der Waals surface area contributed by atoms with Crippen molar-refractivity contribution >= 4 is 23.0 Å². The van der Waals surface area contributed by atoms with Crippen LogP contribution in [0.4, 0.5) is 13.2 Å². The van der Waals surface area contributed by atoms with Crippen LogP contribution in [-0.2, 0) is 33.6 Å². The van der Waals surface area contributed by atoms with Crippen LogP contribution in [0.3, 0.4) is 0 Å². The summed E-state index contributed by atoms with van der Waals surface area (Å²) >= 11 is 5.33. The number of alkyl halides is 3. The van der Waals surface area contributed by atoms with Crippen molar-refractivity contribution in [2.75, 3.05) is 53.0 Å². The normalized spacial score (nSPS) is 17.5. The SMILES string of the molecule is CN1CCC(ONC(=S)COc2ccc(CC(=NOCc3ccc(C(F)(F)F)cc3)N3CCOCC3)cc2)CC1. The minimum atomic E-state index is -4.37. The number of piperidine rings is 1. The highest BCUT2D eigenvalue weighted by Gasteiger charge is 2.30. The number of rotatable bonds is 10. The second-order valence-electron chi connectivity index (χ2n) is 9.83. The molecule has 40 heavy (non-hydrogen) atoms. The Morgan fingerprint density at radius 1 is 1.00 bits per heavy atom. The zero-order valence-corrected chi connectivity index (χ0v) is 23.3. The number of ether oxygens (including phenoxy) is 2. The summed E-state index contributed by atoms with van der Waals surface area (Å²) in [7, 11) is 2.10. The third kappa shape index (κ3) is 9.61. The van der Waals surface area contributed by atoms with Gasteiger partial charge in [0.2, 0.25) is 0 Å². The highest BCUT2D eigenvalue weighted by Crippen LogP contribution is 2.29. The van der Waals surface area contributed by atoms with Gasteiger partial charge >= 0.3 is 6.18 Å². The Kier molecular flexibility index (Phi) is 11.0. The zero-order valence-electron chi connectivity index (χ0n) is 22.5. The maximum atomic E-state index is 12.8. The summed E-state index contributed by atoms with van der Waals surface area (Å²) in [5.41, 5.74) is 3.75. The van der Waals surface area contributed by atoms with Crippen LogP contribution in [0.1, 0.15) is 29.5 Å². The number of hydrogen-bond acceptors (Lipinski definition) is 7. The van der Waals surface area contributed by atoms with Crippen LogP contribution in [0.25, 0.3) is 0 Å². The van der Waals surface area contributed by atoms with Gasteiger partial charge in [-0.25, -0.2) is 0 Å². The van der Waals surface area contributed by atoms with Crippen LogP contribution in [0.5, 0.6) is 5.75 Å². The van der Waals surface area contributed by atoms with E-state index in [9.17, 15) is 13.2 Å². The minimum absolute atomic E-state index is 0.0637. The van der Waals surface area contributed by atoms with Crippen LogP contribution < -0.4 is 10.2 Å². The van der Waals surface area contributed by atoms with E-state index in [0.29, 0.717) is 49.0 Å². The first-order valence-electron chi connectivity index (χ1n) is 13.3. The fourth-order valence-corrected chi connectivity index (χ4v) is 4.42. The Labute approximate surface area is 237 Å². The van der Waals surface area contributed by atoms with Gasteiger partial charge in [0.25, 0.3) is 0 Å². The molecule has 0 aromatic heterocycles. The molecule has 4 rings (SSSR count). The van der Waals surface area contributed by atoms with E-state index >= 15 is 0 Å². The van der Waals surface area contributed by atoms with E-state index < -0.39 is 11.7 Å². The van der Waals surface area contributed by atoms with E-state index in [1.807, 2.05) is 24.3 Å². The zero-order chi connectivity index (χ0) is 28.4. The summed E-state index contributed by atoms with van der Waals surface area (Å²) in [6, 6.07) is 12.5. The molecule has 2 aromatic rings. The number of morpholine rings is 1. The molecule has 0 spiro atoms. The molecule has 2 aromatic carbocycles. The predicted molar refractivity (Wildman–Crippen MR) is 149 cm³/mol. The van der Waals surface area contributed by atoms with E-state index in [2.05, 4.69) is 27.5 Å². The van der Waals surface area contributed by atoms with Gasteiger partial charge in [0.05, 0.1) is 24.9 Å². The Balaban J connectivity index is 1.27. The van der Waals surface area contributed by atoms with Crippen molar-refractivity contribution in [2.24, 2.45) is 5.16 Å². The molecule has 2 saturated heterocycles. The lowest BCUT2D eigenvalue weighted by Gasteiger charge is -2.29. The third-order valence-electron chi connectivity index (χ3n) is 6.72. The van der Waals surface area contributed by atoms with E-state index in [1.54, 1.807) is 0 Å². The van der Waals surface area contributed by atoms with Gasteiger partial charge in [-0.1, -0.05) is 41.6 Å². The topological polar surface area (TPSA) is 67.8 Å². The van der Waals surface area contributed by atoms with Crippen LogP contribution >= 0.6 is 12.2 Å². The van der Waals surface area contributed by atoms with Gasteiger partial charge in [0.1, 0.15) is 29.8 Å². The lowest BCUT2D eigenvalue weighted by molar-refractivity contribution is -0.137. The summed E-state index contributed by atoms with van der Waals surface area (Å²) in [5, 5.41) is 4.35. The average molecular weight is 581 g/mol. The lowest BCUT2D eigenvalue weighted by Crippen LogP contribution is -2.41. The molecule has 2 aliphatic rings. The number of likely N-dealkylation sites (tertiary alicyclic amines) is 1. The van der Waals surface area contributed by atoms with Gasteiger partial charge in [-0.05, 0) is 55.3 Å². The number of amidine groups is 1. The van der Waals surface area contributed by atoms with Gasteiger partial charge in [-0.3, -0.25) is 10.3 Å². The second-order valence-corrected chi connectivity index (χ2v) is 10.3. The van der Waals surface area contributed by atoms with Crippen LogP contribution in [0.15, 0.2) is 53.7 Å². The molecule has 0 saturated carbocycles. The number of halogens is 3. The maximum Gasteiger partial charge on any atom is 0.416 e. The number of hydrogen-bond donors (Lipinski definition) is 1. The van der Waals surface area contributed by atoms with Gasteiger partial charge < -0.3 is 24.1 Å². The number of nitrogens with one attached hydrogen (secondary N) is 1. The van der Waals surface area contributed by atoms with E-state index in [4.69, 9.17) is 31.4 Å². The number of hydroxylamine groups is 1. The van der Waals surface area contributed by atoms with Gasteiger partial charge in [-0.2, -0.15) is 13.2 Å². The standard InChI is InChI=1S/C28H35F3N4O4S/c1-34-12-10-25(11-13-34)39-33-27(40)20-37-24-8-4-21(5-9-24)18-26(35-14-16-36-17-15-35)32-38-19-22-2-6-23(7-3-22)28(29,30)31/h2-9,25H,10-20H2,1H3,(H,33,40). The lowest BCUT2D eigenvalue weighted by atomic mass is 10.1. The number of oxime groups is 1. The quantitative estimate of drug-likeness (QED) is 0.192. The van der Waals surface area contributed by atoms with Crippen LogP contribution in [0.2, 0.25) is 0 Å². The van der Waals surface area contributed by atoms with Gasteiger partial charge in [0.15, 0.2) is 0 Å². The molecule has 12 heteroatoms. The number of thiocarbonyl (C=S) groups is 1. The first-order chi connectivity index (χ1) is 19.3. The van der Waals surface area contributed by atoms with Crippen molar-refractivity contribution < 1.29 is 32.3 Å². The van der Waals surface area contributed by atoms with Crippen molar-refractivity contribution in [1.29, 1.82) is 0 Å². The Morgan fingerprint density at radius 3 is 2.30 bits per heavy atom. The fraction of sp³-hybridized carbons (Fsp3) is 0.500. The first kappa shape index (κ1) is 30.0. The Hall–Kier alpha value is -2.93. The van der Waals surface area contributed by atoms with E-state index in [-0.39, 0.29) is 19.3 Å². The summed E-state index contributed by atoms with van der Waals surface area (Å²) in [5.74, 6) is 1.40. The molecule has 1 N–H and O–H groups in total. The summed E-state index contributed by atoms with van der Waals surface area (Å²) in [4.78, 5) is 16.1. The molecule has 0 amide bonds. The average Bonchev–Trinajstić information content (AvgIpc) is 2.96. The first-order valence-corrected chi connectivity index (χ1v) is 13.7. The highest BCUT2D eigenvalue weighted by atomic mass is 32.1. The molecule has 2 aliphatic heterocycles. The summed E-state index contributed by atoms with van der Waals surface area (Å²) < 4.78 is 49.7. The molecule has 0 radical (unpaired) electrons. The molecule has 2 heterocycles. The van der Waals surface area contributed by atoms with Gasteiger partial charge in [-0.15, -0.1) is 0 Å². The van der Waals surface area contributed by atoms with Crippen LogP contribution in [-0.4, -0.2) is 79.8 Å². The summed E-state index contributed by atoms with van der Waals surface area (Å²) in [6.07, 6.45) is -1.79. The van der Waals surface area contributed by atoms with E-state index in [0.717, 1.165) is 49.5 Å². The molecule has 2 fully saturated rings. The van der Waals surface area contributed by atoms with Crippen molar-refractivity contribution in [3.8, 4) is 5.75 Å². The van der Waals surface area contributed by atoms with Crippen molar-refractivity contribution in [1.82, 2.24) is 15.3 Å². The second kappa shape index (κ2) is 14.6. The monoisotopic (exact) mass is 580 g/mol. The van der Waals surface area contributed by atoms with Crippen LogP contribution in [0, 0.1) is 0 Å². The van der Waals surface area contributed by atoms with Gasteiger partial charge in [0, 0.05) is 32.6 Å². The maximum absolute atomic E-state index is 12.8. The molecule has 0 bridgehead atoms.